The molecule has 20 heavy (non-hydrogen) atoms. The van der Waals surface area contributed by atoms with Crippen LogP contribution >= 0.6 is 12.2 Å². The van der Waals surface area contributed by atoms with Crippen molar-refractivity contribution >= 4 is 23.1 Å². The van der Waals surface area contributed by atoms with Crippen molar-refractivity contribution in [3.63, 3.8) is 0 Å². The summed E-state index contributed by atoms with van der Waals surface area (Å²) in [5.41, 5.74) is 7.22. The Labute approximate surface area is 125 Å². The lowest BCUT2D eigenvalue weighted by Crippen LogP contribution is -2.47. The second-order valence-corrected chi connectivity index (χ2v) is 6.14. The van der Waals surface area contributed by atoms with Crippen LogP contribution in [0.3, 0.4) is 0 Å². The second kappa shape index (κ2) is 5.52. The zero-order valence-corrected chi connectivity index (χ0v) is 13.2. The number of carbonyl (C=O) groups excluding carboxylic acids is 1. The first-order valence-electron chi connectivity index (χ1n) is 7.01. The first-order chi connectivity index (χ1) is 9.37. The summed E-state index contributed by atoms with van der Waals surface area (Å²) < 4.78 is 1.76. The summed E-state index contributed by atoms with van der Waals surface area (Å²) in [6.07, 6.45) is 1.65. The highest BCUT2D eigenvalue weighted by atomic mass is 32.1. The minimum absolute atomic E-state index is 0.0532. The highest BCUT2D eigenvalue weighted by Gasteiger charge is 2.35. The first kappa shape index (κ1) is 15.0. The summed E-state index contributed by atoms with van der Waals surface area (Å²) in [5, 5.41) is 4.33. The minimum Gasteiger partial charge on any atom is -0.393 e. The molecule has 0 radical (unpaired) electrons. The monoisotopic (exact) mass is 294 g/mol. The number of carbonyl (C=O) groups is 1. The van der Waals surface area contributed by atoms with E-state index < -0.39 is 0 Å². The summed E-state index contributed by atoms with van der Waals surface area (Å²) in [7, 11) is 0. The van der Waals surface area contributed by atoms with Crippen molar-refractivity contribution in [3.8, 4) is 0 Å². The van der Waals surface area contributed by atoms with E-state index in [0.29, 0.717) is 30.3 Å². The van der Waals surface area contributed by atoms with E-state index in [1.165, 1.54) is 0 Å². The van der Waals surface area contributed by atoms with Crippen molar-refractivity contribution in [2.75, 3.05) is 13.1 Å². The molecule has 0 spiro atoms. The molecule has 0 bridgehead atoms. The third-order valence-electron chi connectivity index (χ3n) is 4.17. The van der Waals surface area contributed by atoms with E-state index in [2.05, 4.69) is 12.0 Å². The third kappa shape index (κ3) is 2.70. The molecule has 1 amide bonds. The molecule has 0 atom stereocenters. The van der Waals surface area contributed by atoms with E-state index in [1.54, 1.807) is 4.68 Å². The van der Waals surface area contributed by atoms with Gasteiger partial charge in [0.15, 0.2) is 0 Å². The largest absolute Gasteiger partial charge is 0.393 e. The highest BCUT2D eigenvalue weighted by molar-refractivity contribution is 7.80. The molecule has 0 aromatic carbocycles. The molecule has 1 aromatic heterocycles. The van der Waals surface area contributed by atoms with Gasteiger partial charge in [-0.25, -0.2) is 0 Å². The smallest absolute Gasteiger partial charge is 0.272 e. The Balaban J connectivity index is 2.10. The zero-order valence-electron chi connectivity index (χ0n) is 12.3. The number of thiocarbonyl (C=S) groups is 1. The number of aryl methyl sites for hydroxylation is 2. The molecule has 1 fully saturated rings. The van der Waals surface area contributed by atoms with E-state index in [9.17, 15) is 4.79 Å². The maximum Gasteiger partial charge on any atom is 0.272 e. The van der Waals surface area contributed by atoms with Gasteiger partial charge in [0, 0.05) is 25.0 Å². The van der Waals surface area contributed by atoms with Crippen molar-refractivity contribution in [3.05, 3.63) is 17.5 Å². The highest BCUT2D eigenvalue weighted by Crippen LogP contribution is 2.31. The van der Waals surface area contributed by atoms with Gasteiger partial charge in [0.2, 0.25) is 0 Å². The quantitative estimate of drug-likeness (QED) is 0.863. The topological polar surface area (TPSA) is 64.2 Å². The molecule has 0 saturated carbocycles. The maximum atomic E-state index is 12.6. The maximum absolute atomic E-state index is 12.6. The number of nitrogens with two attached hydrogens (primary N) is 1. The van der Waals surface area contributed by atoms with Crippen LogP contribution in [0.5, 0.6) is 0 Å². The van der Waals surface area contributed by atoms with Crippen LogP contribution in [0.2, 0.25) is 0 Å². The molecular formula is C14H22N4OS. The SMILES string of the molecule is CCn1nc(C)cc1C(=O)N1CCC(C)(C(N)=S)CC1. The van der Waals surface area contributed by atoms with E-state index in [-0.39, 0.29) is 11.3 Å². The number of rotatable bonds is 3. The molecule has 0 aliphatic carbocycles. The zero-order chi connectivity index (χ0) is 14.9. The fourth-order valence-electron chi connectivity index (χ4n) is 2.57. The Morgan fingerprint density at radius 3 is 2.60 bits per heavy atom. The van der Waals surface area contributed by atoms with Crippen LogP contribution in [-0.2, 0) is 6.54 Å². The predicted octanol–water partition coefficient (Wildman–Crippen LogP) is 1.74. The lowest BCUT2D eigenvalue weighted by molar-refractivity contribution is 0.0658. The number of amides is 1. The Bertz CT molecular complexity index is 529. The van der Waals surface area contributed by atoms with Crippen LogP contribution in [-0.4, -0.2) is 38.7 Å². The van der Waals surface area contributed by atoms with Crippen molar-refractivity contribution in [2.45, 2.75) is 40.2 Å². The van der Waals surface area contributed by atoms with Crippen LogP contribution in [0.4, 0.5) is 0 Å². The number of aromatic nitrogens is 2. The van der Waals surface area contributed by atoms with Gasteiger partial charge < -0.3 is 10.6 Å². The Hall–Kier alpha value is -1.43. The van der Waals surface area contributed by atoms with Gasteiger partial charge in [-0.1, -0.05) is 19.1 Å². The first-order valence-corrected chi connectivity index (χ1v) is 7.42. The Kier molecular flexibility index (Phi) is 4.13. The molecule has 2 heterocycles. The molecule has 0 unspecified atom stereocenters. The Morgan fingerprint density at radius 2 is 2.10 bits per heavy atom. The van der Waals surface area contributed by atoms with Gasteiger partial charge in [-0.15, -0.1) is 0 Å². The van der Waals surface area contributed by atoms with E-state index >= 15 is 0 Å². The van der Waals surface area contributed by atoms with E-state index in [0.717, 1.165) is 18.5 Å². The summed E-state index contributed by atoms with van der Waals surface area (Å²) in [6.45, 7) is 8.07. The summed E-state index contributed by atoms with van der Waals surface area (Å²) in [5.74, 6) is 0.0532. The number of hydrogen-bond acceptors (Lipinski definition) is 3. The van der Waals surface area contributed by atoms with Crippen molar-refractivity contribution in [1.29, 1.82) is 0 Å². The average Bonchev–Trinajstić information content (AvgIpc) is 2.80. The van der Waals surface area contributed by atoms with Crippen molar-refractivity contribution in [1.82, 2.24) is 14.7 Å². The number of likely N-dealkylation sites (tertiary alicyclic amines) is 1. The molecule has 5 nitrogen and oxygen atoms in total. The molecular weight excluding hydrogens is 272 g/mol. The fourth-order valence-corrected chi connectivity index (χ4v) is 2.77. The molecule has 6 heteroatoms. The molecule has 110 valence electrons. The predicted molar refractivity (Wildman–Crippen MR) is 82.7 cm³/mol. The average molecular weight is 294 g/mol. The molecule has 2 rings (SSSR count). The van der Waals surface area contributed by atoms with Gasteiger partial charge in [-0.2, -0.15) is 5.10 Å². The summed E-state index contributed by atoms with van der Waals surface area (Å²) >= 11 is 5.13. The molecule has 1 aromatic rings. The van der Waals surface area contributed by atoms with E-state index in [4.69, 9.17) is 18.0 Å². The Morgan fingerprint density at radius 1 is 1.50 bits per heavy atom. The second-order valence-electron chi connectivity index (χ2n) is 5.70. The summed E-state index contributed by atoms with van der Waals surface area (Å²) in [6, 6.07) is 1.85. The standard InChI is InChI=1S/C14H22N4OS/c1-4-18-11(9-10(2)16-18)12(19)17-7-5-14(3,6-8-17)13(15)20/h9H,4-8H2,1-3H3,(H2,15,20). The van der Waals surface area contributed by atoms with Crippen LogP contribution < -0.4 is 5.73 Å². The molecule has 1 aliphatic rings. The van der Waals surface area contributed by atoms with Gasteiger partial charge in [-0.05, 0) is 32.8 Å². The summed E-state index contributed by atoms with van der Waals surface area (Å²) in [4.78, 5) is 15.0. The van der Waals surface area contributed by atoms with Crippen molar-refractivity contribution in [2.24, 2.45) is 11.1 Å². The van der Waals surface area contributed by atoms with Gasteiger partial charge in [0.1, 0.15) is 5.69 Å². The van der Waals surface area contributed by atoms with E-state index in [1.807, 2.05) is 24.8 Å². The van der Waals surface area contributed by atoms with Gasteiger partial charge in [-0.3, -0.25) is 9.48 Å². The van der Waals surface area contributed by atoms with Crippen LogP contribution in [0.25, 0.3) is 0 Å². The van der Waals surface area contributed by atoms with Crippen LogP contribution in [0, 0.1) is 12.3 Å². The van der Waals surface area contributed by atoms with Crippen LogP contribution in [0.15, 0.2) is 6.07 Å². The van der Waals surface area contributed by atoms with Crippen molar-refractivity contribution < 1.29 is 4.79 Å². The van der Waals surface area contributed by atoms with Crippen LogP contribution in [0.1, 0.15) is 42.9 Å². The minimum atomic E-state index is -0.118. The lowest BCUT2D eigenvalue weighted by Gasteiger charge is -2.38. The number of hydrogen-bond donors (Lipinski definition) is 1. The fraction of sp³-hybridized carbons (Fsp3) is 0.643. The molecule has 2 N–H and O–H groups in total. The number of nitrogens with zero attached hydrogens (tertiary/aromatic N) is 3. The van der Waals surface area contributed by atoms with Gasteiger partial charge in [0.25, 0.3) is 5.91 Å². The van der Waals surface area contributed by atoms with Gasteiger partial charge in [0.05, 0.1) is 10.7 Å². The molecule has 1 saturated heterocycles. The van der Waals surface area contributed by atoms with Gasteiger partial charge >= 0.3 is 0 Å². The number of piperidine rings is 1. The lowest BCUT2D eigenvalue weighted by atomic mass is 9.80. The third-order valence-corrected chi connectivity index (χ3v) is 4.66. The molecule has 1 aliphatic heterocycles. The normalized spacial score (nSPS) is 18.1.